The van der Waals surface area contributed by atoms with Gasteiger partial charge in [0.25, 0.3) is 0 Å². The third kappa shape index (κ3) is 4.56. The van der Waals surface area contributed by atoms with Gasteiger partial charge in [-0.3, -0.25) is 4.79 Å². The monoisotopic (exact) mass is 282 g/mol. The molecule has 4 nitrogen and oxygen atoms in total. The standard InChI is InChI=1S/C14H18N2O2.ClH/c1-2-3-10-18-14(17)9-8-13-15-11-6-4-5-7-12(11)16-13;/h4-7H,2-3,8-10H2,1H3,(H,15,16);1H. The van der Waals surface area contributed by atoms with E-state index in [0.29, 0.717) is 19.4 Å². The number of fused-ring (bicyclic) bond motifs is 1. The predicted molar refractivity (Wildman–Crippen MR) is 71.4 cm³/mol. The van der Waals surface area contributed by atoms with Gasteiger partial charge in [-0.2, -0.15) is 0 Å². The van der Waals surface area contributed by atoms with Gasteiger partial charge < -0.3 is 22.1 Å². The van der Waals surface area contributed by atoms with Crippen LogP contribution >= 0.6 is 0 Å². The van der Waals surface area contributed by atoms with Crippen molar-refractivity contribution in [3.8, 4) is 0 Å². The molecular formula is C14H19ClN2O2. The molecule has 0 radical (unpaired) electrons. The van der Waals surface area contributed by atoms with Crippen LogP contribution in [0.2, 0.25) is 0 Å². The first-order valence-electron chi connectivity index (χ1n) is 6.39. The number of ether oxygens (including phenoxy) is 1. The zero-order chi connectivity index (χ0) is 12.8. The Balaban J connectivity index is 0.00000180. The zero-order valence-electron chi connectivity index (χ0n) is 12.0. The molecule has 0 spiro atoms. The topological polar surface area (TPSA) is 55.0 Å². The molecule has 104 valence electrons. The molecule has 5 heteroatoms. The van der Waals surface area contributed by atoms with Crippen LogP contribution in [0.15, 0.2) is 24.3 Å². The maximum absolute atomic E-state index is 11.4. The minimum absolute atomic E-state index is 0. The fourth-order valence-electron chi connectivity index (χ4n) is 1.75. The van der Waals surface area contributed by atoms with Crippen LogP contribution in [0.25, 0.3) is 11.0 Å². The highest BCUT2D eigenvalue weighted by molar-refractivity contribution is 5.75. The number of aryl methyl sites for hydroxylation is 1. The maximum Gasteiger partial charge on any atom is 1.00 e. The van der Waals surface area contributed by atoms with Gasteiger partial charge in [-0.15, -0.1) is 0 Å². The Kier molecular flexibility index (Phi) is 6.36. The van der Waals surface area contributed by atoms with Crippen molar-refractivity contribution < 1.29 is 23.4 Å². The Morgan fingerprint density at radius 1 is 1.42 bits per heavy atom. The Hall–Kier alpha value is -1.55. The molecule has 0 unspecified atom stereocenters. The van der Waals surface area contributed by atoms with Crippen molar-refractivity contribution in [2.24, 2.45) is 0 Å². The van der Waals surface area contributed by atoms with Gasteiger partial charge in [0.2, 0.25) is 0 Å². The fraction of sp³-hybridized carbons (Fsp3) is 0.429. The highest BCUT2D eigenvalue weighted by Crippen LogP contribution is 2.11. The molecule has 1 aromatic heterocycles. The third-order valence-electron chi connectivity index (χ3n) is 2.77. The summed E-state index contributed by atoms with van der Waals surface area (Å²) in [6.07, 6.45) is 2.94. The van der Waals surface area contributed by atoms with Crippen molar-refractivity contribution in [2.75, 3.05) is 6.61 Å². The number of hydrogen-bond donors (Lipinski definition) is 1. The molecule has 0 saturated heterocycles. The molecule has 19 heavy (non-hydrogen) atoms. The molecular weight excluding hydrogens is 264 g/mol. The highest BCUT2D eigenvalue weighted by Gasteiger charge is 2.06. The number of para-hydroxylation sites is 2. The number of halogens is 1. The van der Waals surface area contributed by atoms with Crippen LogP contribution in [0.4, 0.5) is 0 Å². The summed E-state index contributed by atoms with van der Waals surface area (Å²) in [5.41, 5.74) is 1.94. The lowest BCUT2D eigenvalue weighted by atomic mass is 10.3. The highest BCUT2D eigenvalue weighted by atomic mass is 35.5. The quantitative estimate of drug-likeness (QED) is 0.597. The van der Waals surface area contributed by atoms with E-state index in [4.69, 9.17) is 4.74 Å². The molecule has 0 aliphatic rings. The molecule has 1 N–H and O–H groups in total. The summed E-state index contributed by atoms with van der Waals surface area (Å²) in [5.74, 6) is 0.688. The summed E-state index contributed by atoms with van der Waals surface area (Å²) in [6, 6.07) is 7.84. The normalized spacial score (nSPS) is 10.2. The van der Waals surface area contributed by atoms with E-state index in [9.17, 15) is 4.79 Å². The van der Waals surface area contributed by atoms with Crippen molar-refractivity contribution in [1.29, 1.82) is 0 Å². The van der Waals surface area contributed by atoms with Crippen LogP contribution in [0, 0.1) is 0 Å². The van der Waals surface area contributed by atoms with E-state index >= 15 is 0 Å². The number of aromatic nitrogens is 2. The molecule has 1 aromatic carbocycles. The number of aromatic amines is 1. The van der Waals surface area contributed by atoms with Crippen LogP contribution in [-0.2, 0) is 16.0 Å². The number of esters is 1. The number of nitrogens with zero attached hydrogens (tertiary/aromatic N) is 1. The van der Waals surface area contributed by atoms with Gasteiger partial charge in [-0.05, 0) is 18.6 Å². The molecule has 2 aromatic rings. The van der Waals surface area contributed by atoms with Gasteiger partial charge in [0, 0.05) is 6.42 Å². The Labute approximate surface area is 120 Å². The number of unbranched alkanes of at least 4 members (excludes halogenated alkanes) is 1. The average Bonchev–Trinajstić information content (AvgIpc) is 2.79. The number of carbonyl (C=O) groups excluding carboxylic acids is 1. The first-order valence-corrected chi connectivity index (χ1v) is 6.39. The van der Waals surface area contributed by atoms with Gasteiger partial charge in [0.15, 0.2) is 0 Å². The van der Waals surface area contributed by atoms with Crippen molar-refractivity contribution in [3.05, 3.63) is 30.1 Å². The van der Waals surface area contributed by atoms with E-state index in [-0.39, 0.29) is 19.8 Å². The molecule has 0 fully saturated rings. The minimum atomic E-state index is -0.149. The summed E-state index contributed by atoms with van der Waals surface area (Å²) in [6.45, 7) is 2.59. The van der Waals surface area contributed by atoms with Crippen molar-refractivity contribution in [3.63, 3.8) is 0 Å². The van der Waals surface area contributed by atoms with E-state index in [1.54, 1.807) is 0 Å². The zero-order valence-corrected chi connectivity index (χ0v) is 11.7. The van der Waals surface area contributed by atoms with Gasteiger partial charge in [0.1, 0.15) is 5.82 Å². The molecule has 0 saturated carbocycles. The number of hydrogen-bond acceptors (Lipinski definition) is 3. The molecule has 0 amide bonds. The minimum Gasteiger partial charge on any atom is -1.00 e. The van der Waals surface area contributed by atoms with Gasteiger partial charge in [0.05, 0.1) is 24.1 Å². The maximum atomic E-state index is 11.4. The fourth-order valence-corrected chi connectivity index (χ4v) is 1.75. The van der Waals surface area contributed by atoms with E-state index < -0.39 is 0 Å². The Morgan fingerprint density at radius 3 is 2.95 bits per heavy atom. The van der Waals surface area contributed by atoms with Crippen LogP contribution in [-0.4, -0.2) is 22.5 Å². The second-order valence-electron chi connectivity index (χ2n) is 4.27. The molecule has 2 rings (SSSR count). The van der Waals surface area contributed by atoms with E-state index in [1.165, 1.54) is 0 Å². The number of benzene rings is 1. The number of carbonyl (C=O) groups is 1. The second-order valence-corrected chi connectivity index (χ2v) is 4.27. The summed E-state index contributed by atoms with van der Waals surface area (Å²) < 4.78 is 5.10. The van der Waals surface area contributed by atoms with E-state index in [2.05, 4.69) is 16.9 Å². The molecule has 1 heterocycles. The van der Waals surface area contributed by atoms with Crippen LogP contribution in [0.5, 0.6) is 0 Å². The second kappa shape index (κ2) is 7.79. The van der Waals surface area contributed by atoms with Gasteiger partial charge in [-0.1, -0.05) is 25.5 Å². The first-order chi connectivity index (χ1) is 8.79. The summed E-state index contributed by atoms with van der Waals surface area (Å²) >= 11 is 0. The van der Waals surface area contributed by atoms with Crippen LogP contribution < -0.4 is 12.4 Å². The van der Waals surface area contributed by atoms with Crippen LogP contribution in [0.1, 0.15) is 33.4 Å². The Bertz CT molecular complexity index is 498. The van der Waals surface area contributed by atoms with Crippen molar-refractivity contribution in [1.82, 2.24) is 9.97 Å². The summed E-state index contributed by atoms with van der Waals surface area (Å²) in [4.78, 5) is 19.1. The van der Waals surface area contributed by atoms with Crippen LogP contribution in [0.3, 0.4) is 0 Å². The SMILES string of the molecule is CCCCOC(=O)CCc1nc2ccccc2[nH]1.[Cl-].[H+]. The number of imidazole rings is 1. The summed E-state index contributed by atoms with van der Waals surface area (Å²) in [7, 11) is 0. The summed E-state index contributed by atoms with van der Waals surface area (Å²) in [5, 5.41) is 0. The van der Waals surface area contributed by atoms with E-state index in [1.807, 2.05) is 24.3 Å². The first kappa shape index (κ1) is 15.5. The number of nitrogens with one attached hydrogen (secondary N) is 1. The van der Waals surface area contributed by atoms with E-state index in [0.717, 1.165) is 29.7 Å². The lowest BCUT2D eigenvalue weighted by molar-refractivity contribution is -0.143. The van der Waals surface area contributed by atoms with Crippen molar-refractivity contribution in [2.45, 2.75) is 32.6 Å². The lowest BCUT2D eigenvalue weighted by Gasteiger charge is -2.02. The largest absolute Gasteiger partial charge is 1.00 e. The van der Waals surface area contributed by atoms with Crippen molar-refractivity contribution >= 4 is 17.0 Å². The molecule has 0 atom stereocenters. The number of H-pyrrole nitrogens is 1. The smallest absolute Gasteiger partial charge is 1.00 e. The van der Waals surface area contributed by atoms with Gasteiger partial charge in [-0.25, -0.2) is 4.98 Å². The lowest BCUT2D eigenvalue weighted by Crippen LogP contribution is -3.00. The van der Waals surface area contributed by atoms with Gasteiger partial charge >= 0.3 is 7.40 Å². The predicted octanol–water partition coefficient (Wildman–Crippen LogP) is -0.0447. The average molecular weight is 283 g/mol. The molecule has 0 aliphatic carbocycles. The Morgan fingerprint density at radius 2 is 2.21 bits per heavy atom. The molecule has 0 bridgehead atoms. The number of rotatable bonds is 6. The molecule has 0 aliphatic heterocycles. The third-order valence-corrected chi connectivity index (χ3v) is 2.77.